The van der Waals surface area contributed by atoms with Gasteiger partial charge in [0.1, 0.15) is 5.75 Å². The number of halogens is 2. The zero-order chi connectivity index (χ0) is 13.0. The third-order valence-corrected chi connectivity index (χ3v) is 4.01. The largest absolute Gasteiger partial charge is 0.462 e. The van der Waals surface area contributed by atoms with Gasteiger partial charge in [-0.05, 0) is 26.0 Å². The van der Waals surface area contributed by atoms with E-state index in [9.17, 15) is 9.00 Å². The Morgan fingerprint density at radius 1 is 1.35 bits per heavy atom. The highest BCUT2D eigenvalue weighted by atomic mass is 35.5. The number of ether oxygens (including phenoxy) is 1. The minimum absolute atomic E-state index is 0.235. The highest BCUT2D eigenvalue weighted by Crippen LogP contribution is 2.27. The van der Waals surface area contributed by atoms with Crippen LogP contribution in [0.2, 0.25) is 10.0 Å². The predicted molar refractivity (Wildman–Crippen MR) is 69.0 cm³/mol. The summed E-state index contributed by atoms with van der Waals surface area (Å²) in [6, 6.07) is 4.81. The van der Waals surface area contributed by atoms with E-state index in [0.29, 0.717) is 0 Å². The summed E-state index contributed by atoms with van der Waals surface area (Å²) in [6.45, 7) is 3.45. The van der Waals surface area contributed by atoms with E-state index in [1.165, 1.54) is 0 Å². The van der Waals surface area contributed by atoms with Gasteiger partial charge in [0.2, 0.25) is 0 Å². The summed E-state index contributed by atoms with van der Waals surface area (Å²) in [5, 5.41) is 0.571. The van der Waals surface area contributed by atoms with Gasteiger partial charge in [-0.1, -0.05) is 29.3 Å². The van der Waals surface area contributed by atoms with Crippen LogP contribution in [0.1, 0.15) is 13.8 Å². The number of carbonyl (C=O) groups excluding carboxylic acids is 1. The summed E-state index contributed by atoms with van der Waals surface area (Å²) < 4.78 is 16.8. The minimum Gasteiger partial charge on any atom is -0.462 e. The highest BCUT2D eigenvalue weighted by molar-refractivity contribution is 7.86. The van der Waals surface area contributed by atoms with Crippen LogP contribution in [0.3, 0.4) is 0 Å². The molecule has 0 aliphatic heterocycles. The van der Waals surface area contributed by atoms with Crippen LogP contribution >= 0.6 is 23.2 Å². The summed E-state index contributed by atoms with van der Waals surface area (Å²) in [4.78, 5) is 11.6. The van der Waals surface area contributed by atoms with Crippen LogP contribution < -0.4 is 0 Å². The first-order chi connectivity index (χ1) is 7.91. The van der Waals surface area contributed by atoms with Crippen molar-refractivity contribution in [3.05, 3.63) is 28.2 Å². The summed E-state index contributed by atoms with van der Waals surface area (Å²) >= 11 is 11.8. The van der Waals surface area contributed by atoms with E-state index in [0.717, 1.165) is 0 Å². The molecule has 0 aliphatic rings. The molecule has 17 heavy (non-hydrogen) atoms. The average Bonchev–Trinajstić information content (AvgIpc) is 2.15. The Bertz CT molecular complexity index is 426. The fourth-order valence-corrected chi connectivity index (χ4v) is 3.09. The lowest BCUT2D eigenvalue weighted by Crippen LogP contribution is -2.18. The maximum absolute atomic E-state index is 11.9. The molecule has 0 fully saturated rings. The van der Waals surface area contributed by atoms with E-state index >= 15 is 0 Å². The number of rotatable bonds is 4. The maximum atomic E-state index is 11.9. The van der Waals surface area contributed by atoms with Gasteiger partial charge in [-0.25, -0.2) is 0 Å². The molecule has 0 N–H and O–H groups in total. The molecule has 0 aromatic heterocycles. The molecule has 0 radical (unpaired) electrons. The molecule has 0 amide bonds. The van der Waals surface area contributed by atoms with Crippen molar-refractivity contribution in [1.82, 2.24) is 0 Å². The Balaban J connectivity index is 2.80. The smallest absolute Gasteiger partial charge is 0.319 e. The fourth-order valence-electron chi connectivity index (χ4n) is 1.18. The van der Waals surface area contributed by atoms with Gasteiger partial charge in [-0.15, -0.1) is 0 Å². The second-order valence-corrected chi connectivity index (χ2v) is 5.78. The van der Waals surface area contributed by atoms with E-state index in [2.05, 4.69) is 0 Å². The molecule has 0 spiro atoms. The lowest BCUT2D eigenvalue weighted by atomic mass is 10.4. The van der Waals surface area contributed by atoms with E-state index in [1.54, 1.807) is 32.0 Å². The van der Waals surface area contributed by atoms with Crippen LogP contribution in [0.4, 0.5) is 0 Å². The van der Waals surface area contributed by atoms with Crippen LogP contribution in [0.25, 0.3) is 0 Å². The molecule has 0 saturated heterocycles. The average molecular weight is 295 g/mol. The first kappa shape index (κ1) is 14.5. The van der Waals surface area contributed by atoms with Gasteiger partial charge in [0.15, 0.2) is 0 Å². The van der Waals surface area contributed by atoms with E-state index in [4.69, 9.17) is 27.9 Å². The van der Waals surface area contributed by atoms with Crippen molar-refractivity contribution in [2.24, 2.45) is 0 Å². The Kier molecular flexibility index (Phi) is 5.43. The molecule has 0 heterocycles. The van der Waals surface area contributed by atoms with Crippen LogP contribution in [0, 0.1) is 0 Å². The molecule has 6 heteroatoms. The van der Waals surface area contributed by atoms with Crippen LogP contribution in [0.15, 0.2) is 23.1 Å². The Morgan fingerprint density at radius 3 is 2.35 bits per heavy atom. The molecular formula is C11H12Cl2O3S. The molecular weight excluding hydrogens is 283 g/mol. The van der Waals surface area contributed by atoms with Crippen molar-refractivity contribution < 1.29 is 13.7 Å². The summed E-state index contributed by atoms with van der Waals surface area (Å²) in [7, 11) is -1.59. The summed E-state index contributed by atoms with van der Waals surface area (Å²) in [5.41, 5.74) is 0. The van der Waals surface area contributed by atoms with Gasteiger partial charge in [0, 0.05) is 0 Å². The molecule has 1 atom stereocenters. The Hall–Kier alpha value is -0.580. The summed E-state index contributed by atoms with van der Waals surface area (Å²) in [6.07, 6.45) is -0.235. The molecule has 1 aromatic carbocycles. The molecule has 1 aromatic rings. The third-order valence-electron chi connectivity index (χ3n) is 1.76. The Labute approximate surface area is 113 Å². The zero-order valence-electron chi connectivity index (χ0n) is 9.41. The molecule has 1 rings (SSSR count). The van der Waals surface area contributed by atoms with Crippen molar-refractivity contribution >= 4 is 40.0 Å². The number of hydrogen-bond donors (Lipinski definition) is 0. The van der Waals surface area contributed by atoms with Gasteiger partial charge in [0.25, 0.3) is 0 Å². The lowest BCUT2D eigenvalue weighted by molar-refractivity contribution is -0.144. The summed E-state index contributed by atoms with van der Waals surface area (Å²) in [5.74, 6) is -0.781. The number of carbonyl (C=O) groups is 1. The van der Waals surface area contributed by atoms with Gasteiger partial charge >= 0.3 is 5.97 Å². The normalized spacial score (nSPS) is 12.5. The predicted octanol–water partition coefficient (Wildman–Crippen LogP) is 3.05. The molecule has 0 aliphatic carbocycles. The first-order valence-corrected chi connectivity index (χ1v) is 7.01. The van der Waals surface area contributed by atoms with Crippen molar-refractivity contribution in [2.75, 3.05) is 5.75 Å². The fraction of sp³-hybridized carbons (Fsp3) is 0.364. The second-order valence-electron chi connectivity index (χ2n) is 3.58. The molecule has 0 saturated carbocycles. The van der Waals surface area contributed by atoms with Crippen molar-refractivity contribution in [3.8, 4) is 0 Å². The van der Waals surface area contributed by atoms with Crippen LogP contribution in [0.5, 0.6) is 0 Å². The lowest BCUT2D eigenvalue weighted by Gasteiger charge is -2.09. The van der Waals surface area contributed by atoms with Gasteiger partial charge in [-0.3, -0.25) is 9.00 Å². The quantitative estimate of drug-likeness (QED) is 0.802. The number of esters is 1. The number of benzene rings is 1. The van der Waals surface area contributed by atoms with Crippen LogP contribution in [-0.4, -0.2) is 22.0 Å². The van der Waals surface area contributed by atoms with E-state index in [-0.39, 0.29) is 26.8 Å². The van der Waals surface area contributed by atoms with Gasteiger partial charge < -0.3 is 4.74 Å². The highest BCUT2D eigenvalue weighted by Gasteiger charge is 2.17. The third kappa shape index (κ3) is 4.30. The number of hydrogen-bond acceptors (Lipinski definition) is 3. The van der Waals surface area contributed by atoms with Crippen molar-refractivity contribution in [1.29, 1.82) is 0 Å². The molecule has 0 bridgehead atoms. The van der Waals surface area contributed by atoms with Crippen LogP contribution in [-0.2, 0) is 20.3 Å². The van der Waals surface area contributed by atoms with Gasteiger partial charge in [-0.2, -0.15) is 0 Å². The topological polar surface area (TPSA) is 43.4 Å². The van der Waals surface area contributed by atoms with E-state index in [1.807, 2.05) is 0 Å². The molecule has 94 valence electrons. The second kappa shape index (κ2) is 6.38. The monoisotopic (exact) mass is 294 g/mol. The maximum Gasteiger partial charge on any atom is 0.319 e. The van der Waals surface area contributed by atoms with E-state index < -0.39 is 16.8 Å². The minimum atomic E-state index is -1.59. The standard InChI is InChI=1S/C11H12Cl2O3S/c1-7(2)16-10(14)6-17(15)11-8(12)4-3-5-9(11)13/h3-5,7H,6H2,1-2H3. The zero-order valence-corrected chi connectivity index (χ0v) is 11.7. The van der Waals surface area contributed by atoms with Crippen molar-refractivity contribution in [3.63, 3.8) is 0 Å². The van der Waals surface area contributed by atoms with Gasteiger partial charge in [0.05, 0.1) is 31.8 Å². The Morgan fingerprint density at radius 2 is 1.88 bits per heavy atom. The van der Waals surface area contributed by atoms with Crippen molar-refractivity contribution in [2.45, 2.75) is 24.8 Å². The molecule has 3 nitrogen and oxygen atoms in total. The first-order valence-electron chi connectivity index (χ1n) is 4.93. The molecule has 1 unspecified atom stereocenters. The SMILES string of the molecule is CC(C)OC(=O)CS(=O)c1c(Cl)cccc1Cl.